The van der Waals surface area contributed by atoms with E-state index in [1.807, 2.05) is 24.4 Å². The highest BCUT2D eigenvalue weighted by atomic mass is 15.5. The predicted octanol–water partition coefficient (Wildman–Crippen LogP) is 4.44. The van der Waals surface area contributed by atoms with Crippen molar-refractivity contribution in [2.45, 2.75) is 12.5 Å². The van der Waals surface area contributed by atoms with Gasteiger partial charge in [-0.25, -0.2) is 0 Å². The highest BCUT2D eigenvalue weighted by molar-refractivity contribution is 6.03. The summed E-state index contributed by atoms with van der Waals surface area (Å²) in [4.78, 5) is 4.23. The number of para-hydroxylation sites is 1. The molecule has 1 aliphatic heterocycles. The molecular weight excluding hydrogens is 282 g/mol. The topological polar surface area (TPSA) is 28.5 Å². The molecule has 4 rings (SSSR count). The van der Waals surface area contributed by atoms with Gasteiger partial charge in [-0.05, 0) is 23.8 Å². The second-order valence-electron chi connectivity index (χ2n) is 5.60. The zero-order chi connectivity index (χ0) is 15.5. The fourth-order valence-corrected chi connectivity index (χ4v) is 2.97. The summed E-state index contributed by atoms with van der Waals surface area (Å²) in [6, 6.07) is 25.1. The van der Waals surface area contributed by atoms with Gasteiger partial charge in [-0.2, -0.15) is 5.10 Å². The van der Waals surface area contributed by atoms with Crippen molar-refractivity contribution >= 4 is 11.4 Å². The molecule has 0 amide bonds. The minimum atomic E-state index is 0.216. The number of hydrogen-bond donors (Lipinski definition) is 0. The molecule has 3 heteroatoms. The molecule has 3 aromatic rings. The molecule has 1 aliphatic rings. The van der Waals surface area contributed by atoms with E-state index in [1.54, 1.807) is 6.20 Å². The molecule has 112 valence electrons. The molecule has 23 heavy (non-hydrogen) atoms. The van der Waals surface area contributed by atoms with Crippen LogP contribution in [0.15, 0.2) is 90.3 Å². The van der Waals surface area contributed by atoms with Crippen molar-refractivity contribution < 1.29 is 0 Å². The van der Waals surface area contributed by atoms with Gasteiger partial charge in [-0.15, -0.1) is 0 Å². The maximum Gasteiger partial charge on any atom is 0.0831 e. The van der Waals surface area contributed by atoms with E-state index >= 15 is 0 Å². The van der Waals surface area contributed by atoms with Crippen LogP contribution in [0, 0.1) is 0 Å². The van der Waals surface area contributed by atoms with Gasteiger partial charge in [0.05, 0.1) is 17.4 Å². The molecule has 0 N–H and O–H groups in total. The first kappa shape index (κ1) is 13.7. The van der Waals surface area contributed by atoms with Gasteiger partial charge in [-0.1, -0.05) is 54.6 Å². The number of aromatic nitrogens is 1. The summed E-state index contributed by atoms with van der Waals surface area (Å²) in [5.74, 6) is 0. The molecule has 0 fully saturated rings. The first-order valence-corrected chi connectivity index (χ1v) is 7.79. The van der Waals surface area contributed by atoms with Crippen LogP contribution in [0.1, 0.15) is 23.6 Å². The average Bonchev–Trinajstić information content (AvgIpc) is 3.09. The van der Waals surface area contributed by atoms with Crippen molar-refractivity contribution in [3.63, 3.8) is 0 Å². The van der Waals surface area contributed by atoms with E-state index in [2.05, 4.69) is 64.6 Å². The smallest absolute Gasteiger partial charge is 0.0831 e. The minimum Gasteiger partial charge on any atom is -0.264 e. The normalized spacial score (nSPS) is 17.1. The number of rotatable bonds is 3. The van der Waals surface area contributed by atoms with Crippen LogP contribution in [0.3, 0.4) is 0 Å². The second kappa shape index (κ2) is 6.05. The van der Waals surface area contributed by atoms with Crippen molar-refractivity contribution in [2.75, 3.05) is 5.01 Å². The van der Waals surface area contributed by atoms with E-state index in [9.17, 15) is 0 Å². The number of benzene rings is 2. The van der Waals surface area contributed by atoms with Crippen LogP contribution in [0.2, 0.25) is 0 Å². The molecule has 0 aliphatic carbocycles. The van der Waals surface area contributed by atoms with Crippen LogP contribution < -0.4 is 5.01 Å². The average molecular weight is 299 g/mol. The molecule has 1 unspecified atom stereocenters. The maximum absolute atomic E-state index is 4.90. The Hall–Kier alpha value is -2.94. The van der Waals surface area contributed by atoms with Crippen LogP contribution in [0.25, 0.3) is 0 Å². The van der Waals surface area contributed by atoms with Crippen molar-refractivity contribution in [1.29, 1.82) is 0 Å². The standard InChI is InChI=1S/C20H17N3/c1-3-8-16(9-4-1)20-14-19(17-10-7-13-21-15-17)22-23(20)18-11-5-2-6-12-18/h1-13,15,20H,14H2. The van der Waals surface area contributed by atoms with E-state index < -0.39 is 0 Å². The third-order valence-electron chi connectivity index (χ3n) is 4.11. The van der Waals surface area contributed by atoms with Gasteiger partial charge in [0.1, 0.15) is 0 Å². The number of anilines is 1. The monoisotopic (exact) mass is 299 g/mol. The lowest BCUT2D eigenvalue weighted by Gasteiger charge is -2.23. The van der Waals surface area contributed by atoms with Crippen LogP contribution in [0.4, 0.5) is 5.69 Å². The Kier molecular flexibility index (Phi) is 3.60. The van der Waals surface area contributed by atoms with Crippen molar-refractivity contribution in [3.05, 3.63) is 96.3 Å². The molecule has 0 spiro atoms. The molecule has 3 nitrogen and oxygen atoms in total. The number of hydrogen-bond acceptors (Lipinski definition) is 3. The van der Waals surface area contributed by atoms with Crippen molar-refractivity contribution in [2.24, 2.45) is 5.10 Å². The zero-order valence-electron chi connectivity index (χ0n) is 12.7. The number of nitrogens with zero attached hydrogens (tertiary/aromatic N) is 3. The maximum atomic E-state index is 4.90. The lowest BCUT2D eigenvalue weighted by molar-refractivity contribution is 0.709. The molecule has 2 heterocycles. The van der Waals surface area contributed by atoms with Crippen LogP contribution in [0.5, 0.6) is 0 Å². The molecule has 1 atom stereocenters. The van der Waals surface area contributed by atoms with E-state index in [4.69, 9.17) is 5.10 Å². The summed E-state index contributed by atoms with van der Waals surface area (Å²) in [5, 5.41) is 7.02. The highest BCUT2D eigenvalue weighted by Gasteiger charge is 2.29. The Morgan fingerprint density at radius 3 is 2.26 bits per heavy atom. The Morgan fingerprint density at radius 2 is 1.57 bits per heavy atom. The van der Waals surface area contributed by atoms with Gasteiger partial charge in [0, 0.05) is 24.4 Å². The van der Waals surface area contributed by atoms with Gasteiger partial charge in [0.2, 0.25) is 0 Å². The van der Waals surface area contributed by atoms with E-state index in [0.717, 1.165) is 23.4 Å². The molecule has 0 saturated carbocycles. The SMILES string of the molecule is c1ccc(C2CC(c3cccnc3)=NN2c2ccccc2)cc1. The summed E-state index contributed by atoms with van der Waals surface area (Å²) >= 11 is 0. The van der Waals surface area contributed by atoms with Gasteiger partial charge in [0.15, 0.2) is 0 Å². The summed E-state index contributed by atoms with van der Waals surface area (Å²) in [7, 11) is 0. The fraction of sp³-hybridized carbons (Fsp3) is 0.100. The quantitative estimate of drug-likeness (QED) is 0.715. The lowest BCUT2D eigenvalue weighted by Crippen LogP contribution is -2.18. The van der Waals surface area contributed by atoms with Gasteiger partial charge in [0.25, 0.3) is 0 Å². The van der Waals surface area contributed by atoms with E-state index in [1.165, 1.54) is 5.56 Å². The molecule has 2 aromatic carbocycles. The van der Waals surface area contributed by atoms with Crippen LogP contribution in [-0.4, -0.2) is 10.7 Å². The fourth-order valence-electron chi connectivity index (χ4n) is 2.97. The first-order valence-electron chi connectivity index (χ1n) is 7.79. The molecule has 0 saturated heterocycles. The molecule has 1 aromatic heterocycles. The number of hydrazone groups is 1. The third kappa shape index (κ3) is 2.73. The van der Waals surface area contributed by atoms with Crippen LogP contribution >= 0.6 is 0 Å². The summed E-state index contributed by atoms with van der Waals surface area (Å²) < 4.78 is 0. The summed E-state index contributed by atoms with van der Waals surface area (Å²) in [6.07, 6.45) is 4.56. The molecule has 0 radical (unpaired) electrons. The molecular formula is C20H17N3. The number of pyridine rings is 1. The minimum absolute atomic E-state index is 0.216. The largest absolute Gasteiger partial charge is 0.264 e. The van der Waals surface area contributed by atoms with Crippen LogP contribution in [-0.2, 0) is 0 Å². The van der Waals surface area contributed by atoms with Crippen molar-refractivity contribution in [3.8, 4) is 0 Å². The first-order chi connectivity index (χ1) is 11.4. The Balaban J connectivity index is 1.75. The van der Waals surface area contributed by atoms with Gasteiger partial charge in [-0.3, -0.25) is 9.99 Å². The highest BCUT2D eigenvalue weighted by Crippen LogP contribution is 2.36. The Labute approximate surface area is 135 Å². The van der Waals surface area contributed by atoms with E-state index in [0.29, 0.717) is 0 Å². The Morgan fingerprint density at radius 1 is 0.826 bits per heavy atom. The second-order valence-corrected chi connectivity index (χ2v) is 5.60. The van der Waals surface area contributed by atoms with Gasteiger partial charge >= 0.3 is 0 Å². The lowest BCUT2D eigenvalue weighted by atomic mass is 9.99. The van der Waals surface area contributed by atoms with Gasteiger partial charge < -0.3 is 0 Å². The molecule has 0 bridgehead atoms. The predicted molar refractivity (Wildman–Crippen MR) is 93.5 cm³/mol. The zero-order valence-corrected chi connectivity index (χ0v) is 12.7. The summed E-state index contributed by atoms with van der Waals surface area (Å²) in [6.45, 7) is 0. The third-order valence-corrected chi connectivity index (χ3v) is 4.11. The summed E-state index contributed by atoms with van der Waals surface area (Å²) in [5.41, 5.74) is 4.56. The Bertz CT molecular complexity index is 798. The van der Waals surface area contributed by atoms with Crippen molar-refractivity contribution in [1.82, 2.24) is 4.98 Å². The van der Waals surface area contributed by atoms with E-state index in [-0.39, 0.29) is 6.04 Å².